The van der Waals surface area contributed by atoms with Crippen molar-refractivity contribution >= 4 is 23.0 Å². The average molecular weight is 448 g/mol. The number of carbonyl (C=O) groups excluding carboxylic acids is 2. The van der Waals surface area contributed by atoms with Crippen molar-refractivity contribution < 1.29 is 24.2 Å². The summed E-state index contributed by atoms with van der Waals surface area (Å²) in [7, 11) is 0. The molecule has 0 aliphatic carbocycles. The largest absolute Gasteiger partial charge is 0.459 e. The summed E-state index contributed by atoms with van der Waals surface area (Å²) in [6, 6.07) is 8.00. The lowest BCUT2D eigenvalue weighted by Crippen LogP contribution is -2.56. The van der Waals surface area contributed by atoms with Crippen molar-refractivity contribution in [1.82, 2.24) is 5.32 Å². The molecule has 2 saturated heterocycles. The number of aryl methyl sites for hydroxylation is 1. The standard InChI is InChI=1S/C24H33NO5S/c1-4-17(3)20-8-6-5-7-18(20)10-9-16(2)13-22(26)30-19-11-12-29-24(28,14-19)21-15-31-23(27)25-21/h5-8,13,17,19,21,28H,4,9-12,14-15H2,1-3H3,(H,25,27)/b16-13-/t17?,19?,21?,24-/m1/s1. The fourth-order valence-electron chi connectivity index (χ4n) is 4.09. The zero-order chi connectivity index (χ0) is 22.4. The van der Waals surface area contributed by atoms with Gasteiger partial charge in [-0.25, -0.2) is 4.79 Å². The predicted octanol–water partition coefficient (Wildman–Crippen LogP) is 4.31. The van der Waals surface area contributed by atoms with Crippen LogP contribution in [0.25, 0.3) is 0 Å². The van der Waals surface area contributed by atoms with Crippen LogP contribution in [-0.2, 0) is 20.7 Å². The molecule has 0 radical (unpaired) electrons. The van der Waals surface area contributed by atoms with Crippen LogP contribution >= 0.6 is 11.8 Å². The van der Waals surface area contributed by atoms with E-state index in [1.54, 1.807) is 6.08 Å². The molecule has 1 aromatic carbocycles. The number of aliphatic hydroxyl groups is 1. The Bertz CT molecular complexity index is 826. The van der Waals surface area contributed by atoms with E-state index in [1.165, 1.54) is 11.1 Å². The van der Waals surface area contributed by atoms with Crippen molar-refractivity contribution in [3.63, 3.8) is 0 Å². The zero-order valence-electron chi connectivity index (χ0n) is 18.6. The number of benzene rings is 1. The normalized spacial score (nSPS) is 27.6. The number of hydrogen-bond acceptors (Lipinski definition) is 6. The van der Waals surface area contributed by atoms with Gasteiger partial charge in [0.1, 0.15) is 6.10 Å². The van der Waals surface area contributed by atoms with E-state index in [2.05, 4.69) is 43.4 Å². The third-order valence-corrected chi connectivity index (χ3v) is 7.04. The Labute approximate surface area is 188 Å². The van der Waals surface area contributed by atoms with E-state index in [9.17, 15) is 14.7 Å². The van der Waals surface area contributed by atoms with Gasteiger partial charge < -0.3 is 19.9 Å². The Morgan fingerprint density at radius 1 is 1.45 bits per heavy atom. The molecule has 31 heavy (non-hydrogen) atoms. The minimum Gasteiger partial charge on any atom is -0.459 e. The molecule has 0 aromatic heterocycles. The summed E-state index contributed by atoms with van der Waals surface area (Å²) in [5.41, 5.74) is 3.66. The van der Waals surface area contributed by atoms with Gasteiger partial charge in [0.05, 0.1) is 12.6 Å². The Kier molecular flexibility index (Phi) is 8.19. The van der Waals surface area contributed by atoms with Crippen LogP contribution in [0.5, 0.6) is 0 Å². The lowest BCUT2D eigenvalue weighted by atomic mass is 9.91. The van der Waals surface area contributed by atoms with Crippen molar-refractivity contribution in [2.45, 2.75) is 76.7 Å². The van der Waals surface area contributed by atoms with Crippen LogP contribution in [0.1, 0.15) is 63.5 Å². The quantitative estimate of drug-likeness (QED) is 0.456. The van der Waals surface area contributed by atoms with Gasteiger partial charge in [-0.2, -0.15) is 0 Å². The second kappa shape index (κ2) is 10.7. The van der Waals surface area contributed by atoms with Gasteiger partial charge in [-0.3, -0.25) is 4.79 Å². The molecular formula is C24H33NO5S. The van der Waals surface area contributed by atoms with E-state index in [0.717, 1.165) is 36.6 Å². The molecule has 0 saturated carbocycles. The molecule has 170 valence electrons. The topological polar surface area (TPSA) is 84.9 Å². The van der Waals surface area contributed by atoms with E-state index in [1.807, 2.05) is 6.92 Å². The maximum atomic E-state index is 12.4. The fourth-order valence-corrected chi connectivity index (χ4v) is 4.98. The van der Waals surface area contributed by atoms with E-state index >= 15 is 0 Å². The van der Waals surface area contributed by atoms with Gasteiger partial charge in [-0.05, 0) is 43.2 Å². The van der Waals surface area contributed by atoms with Crippen molar-refractivity contribution in [2.75, 3.05) is 12.4 Å². The van der Waals surface area contributed by atoms with E-state index < -0.39 is 23.9 Å². The molecular weight excluding hydrogens is 414 g/mol. The minimum absolute atomic E-state index is 0.152. The number of hydrogen-bond donors (Lipinski definition) is 2. The first-order chi connectivity index (χ1) is 14.8. The highest BCUT2D eigenvalue weighted by atomic mass is 32.2. The summed E-state index contributed by atoms with van der Waals surface area (Å²) >= 11 is 1.12. The maximum absolute atomic E-state index is 12.4. The number of amides is 1. The number of carbonyl (C=O) groups is 2. The highest BCUT2D eigenvalue weighted by molar-refractivity contribution is 8.14. The highest BCUT2D eigenvalue weighted by Gasteiger charge is 2.46. The fraction of sp³-hybridized carbons (Fsp3) is 0.583. The molecule has 2 N–H and O–H groups in total. The molecule has 2 heterocycles. The summed E-state index contributed by atoms with van der Waals surface area (Å²) in [6.45, 7) is 6.66. The third-order valence-electron chi connectivity index (χ3n) is 6.16. The van der Waals surface area contributed by atoms with E-state index in [-0.39, 0.29) is 18.3 Å². The van der Waals surface area contributed by atoms with Crippen LogP contribution in [0.3, 0.4) is 0 Å². The van der Waals surface area contributed by atoms with E-state index in [4.69, 9.17) is 9.47 Å². The predicted molar refractivity (Wildman–Crippen MR) is 122 cm³/mol. The summed E-state index contributed by atoms with van der Waals surface area (Å²) < 4.78 is 11.1. The Hall–Kier alpha value is -1.83. The number of nitrogens with one attached hydrogen (secondary N) is 1. The van der Waals surface area contributed by atoms with Crippen molar-refractivity contribution in [1.29, 1.82) is 0 Å². The Morgan fingerprint density at radius 3 is 2.94 bits per heavy atom. The van der Waals surface area contributed by atoms with Gasteiger partial charge in [0.25, 0.3) is 5.24 Å². The molecule has 2 fully saturated rings. The number of rotatable bonds is 8. The van der Waals surface area contributed by atoms with Crippen molar-refractivity contribution in [3.05, 3.63) is 47.0 Å². The number of allylic oxidation sites excluding steroid dienone is 1. The van der Waals surface area contributed by atoms with Gasteiger partial charge in [-0.1, -0.05) is 55.4 Å². The summed E-state index contributed by atoms with van der Waals surface area (Å²) in [4.78, 5) is 23.9. The van der Waals surface area contributed by atoms with Crippen molar-refractivity contribution in [2.24, 2.45) is 0 Å². The van der Waals surface area contributed by atoms with Crippen LogP contribution < -0.4 is 5.32 Å². The average Bonchev–Trinajstić information content (AvgIpc) is 3.19. The smallest absolute Gasteiger partial charge is 0.330 e. The Balaban J connectivity index is 1.53. The molecule has 2 aliphatic heterocycles. The molecule has 3 unspecified atom stereocenters. The summed E-state index contributed by atoms with van der Waals surface area (Å²) in [5.74, 6) is -0.943. The monoisotopic (exact) mass is 447 g/mol. The summed E-state index contributed by atoms with van der Waals surface area (Å²) in [6.07, 6.45) is 4.55. The molecule has 0 spiro atoms. The second-order valence-corrected chi connectivity index (χ2v) is 9.53. The van der Waals surface area contributed by atoms with Gasteiger partial charge in [0, 0.05) is 24.7 Å². The molecule has 4 atom stereocenters. The Morgan fingerprint density at radius 2 is 2.23 bits per heavy atom. The van der Waals surface area contributed by atoms with Gasteiger partial charge in [0.2, 0.25) is 0 Å². The lowest BCUT2D eigenvalue weighted by molar-refractivity contribution is -0.256. The van der Waals surface area contributed by atoms with Gasteiger partial charge in [-0.15, -0.1) is 0 Å². The third kappa shape index (κ3) is 6.34. The molecule has 7 heteroatoms. The van der Waals surface area contributed by atoms with Crippen LogP contribution in [0.4, 0.5) is 4.79 Å². The van der Waals surface area contributed by atoms with E-state index in [0.29, 0.717) is 18.1 Å². The molecule has 6 nitrogen and oxygen atoms in total. The highest BCUT2D eigenvalue weighted by Crippen LogP contribution is 2.32. The first-order valence-corrected chi connectivity index (χ1v) is 12.0. The van der Waals surface area contributed by atoms with Gasteiger partial charge >= 0.3 is 5.97 Å². The molecule has 1 aromatic rings. The SMILES string of the molecule is CCC(C)c1ccccc1CC/C(C)=C\C(=O)OC1CCO[C@@](O)(C2CSC(=O)N2)C1. The van der Waals surface area contributed by atoms with Crippen LogP contribution in [-0.4, -0.2) is 46.6 Å². The van der Waals surface area contributed by atoms with Crippen LogP contribution in [0.2, 0.25) is 0 Å². The second-order valence-electron chi connectivity index (χ2n) is 8.54. The molecule has 2 aliphatic rings. The van der Waals surface area contributed by atoms with Crippen molar-refractivity contribution in [3.8, 4) is 0 Å². The summed E-state index contributed by atoms with van der Waals surface area (Å²) in [5, 5.41) is 13.3. The van der Waals surface area contributed by atoms with Gasteiger partial charge in [0.15, 0.2) is 5.79 Å². The van der Waals surface area contributed by atoms with Crippen LogP contribution in [0, 0.1) is 0 Å². The molecule has 0 bridgehead atoms. The molecule has 1 amide bonds. The number of thioether (sulfide) groups is 1. The zero-order valence-corrected chi connectivity index (χ0v) is 19.4. The minimum atomic E-state index is -1.50. The lowest BCUT2D eigenvalue weighted by Gasteiger charge is -2.39. The molecule has 3 rings (SSSR count). The first-order valence-electron chi connectivity index (χ1n) is 11.1. The number of esters is 1. The number of ether oxygens (including phenoxy) is 2. The first kappa shape index (κ1) is 23.8. The van der Waals surface area contributed by atoms with Crippen LogP contribution in [0.15, 0.2) is 35.9 Å². The maximum Gasteiger partial charge on any atom is 0.330 e.